The molecular weight excluding hydrogens is 165 g/mol. The van der Waals surface area contributed by atoms with Gasteiger partial charge >= 0.3 is 29.6 Å². The zero-order chi connectivity index (χ0) is 7.71. The minimum atomic E-state index is -0.981. The third-order valence-electron chi connectivity index (χ3n) is 0.750. The van der Waals surface area contributed by atoms with Gasteiger partial charge in [0.1, 0.15) is 16.5 Å². The average molecular weight is 187 g/mol. The number of rotatable bonds is 2. The van der Waals surface area contributed by atoms with Gasteiger partial charge in [0.15, 0.2) is 0 Å². The van der Waals surface area contributed by atoms with Crippen LogP contribution in [-0.2, 0) is 0 Å². The van der Waals surface area contributed by atoms with Crippen LogP contribution in [0.3, 0.4) is 0 Å². The van der Waals surface area contributed by atoms with Gasteiger partial charge in [0, 0.05) is 1.43 Å². The van der Waals surface area contributed by atoms with E-state index in [1.165, 1.54) is 0 Å². The minimum absolute atomic E-state index is 0. The van der Waals surface area contributed by atoms with Gasteiger partial charge in [0.2, 0.25) is 0 Å². The summed E-state index contributed by atoms with van der Waals surface area (Å²) in [5.74, 6) is 0. The van der Waals surface area contributed by atoms with Crippen molar-refractivity contribution in [2.24, 2.45) is 0 Å². The predicted molar refractivity (Wildman–Crippen MR) is 53.1 cm³/mol. The Bertz CT molecular complexity index is 88.7. The van der Waals surface area contributed by atoms with Gasteiger partial charge in [-0.15, -0.1) is 0 Å². The second kappa shape index (κ2) is 4.43. The fraction of sp³-hybridized carbons (Fsp3) is 1.00. The van der Waals surface area contributed by atoms with E-state index in [9.17, 15) is 0 Å². The summed E-state index contributed by atoms with van der Waals surface area (Å²) in [6.45, 7) is 14.1. The summed E-state index contributed by atoms with van der Waals surface area (Å²) in [5, 5.41) is 0. The number of hydrogen-bond acceptors (Lipinski definition) is 1. The van der Waals surface area contributed by atoms with E-state index in [2.05, 4.69) is 43.9 Å². The number of nitrogens with one attached hydrogen (secondary N) is 1. The van der Waals surface area contributed by atoms with Crippen molar-refractivity contribution in [3.8, 4) is 0 Å². The van der Waals surface area contributed by atoms with Crippen LogP contribution in [0.5, 0.6) is 0 Å². The molecule has 0 spiro atoms. The molecule has 0 rings (SSSR count). The number of hydrogen-bond donors (Lipinski definition) is 1. The van der Waals surface area contributed by atoms with Crippen LogP contribution in [0.15, 0.2) is 0 Å². The van der Waals surface area contributed by atoms with Gasteiger partial charge in [0.25, 0.3) is 0 Å². The molecule has 1 N–H and O–H groups in total. The van der Waals surface area contributed by atoms with Gasteiger partial charge in [0.05, 0.1) is 0 Å². The van der Waals surface area contributed by atoms with Crippen molar-refractivity contribution in [2.45, 2.75) is 39.3 Å². The summed E-state index contributed by atoms with van der Waals surface area (Å²) in [5.41, 5.74) is 0. The SMILES string of the molecule is C[Si](C)(C)N[Si](C)(C)C.[H-].[HH].[Na+]. The largest absolute Gasteiger partial charge is 1.00 e. The Morgan fingerprint density at radius 2 is 1.10 bits per heavy atom. The fourth-order valence-corrected chi connectivity index (χ4v) is 10.1. The van der Waals surface area contributed by atoms with E-state index < -0.39 is 16.5 Å². The Labute approximate surface area is 92.4 Å². The minimum Gasteiger partial charge on any atom is -1.00 e. The smallest absolute Gasteiger partial charge is 1.00 e. The van der Waals surface area contributed by atoms with Crippen LogP contribution < -0.4 is 34.2 Å². The predicted octanol–water partition coefficient (Wildman–Crippen LogP) is -0.392. The van der Waals surface area contributed by atoms with E-state index in [0.29, 0.717) is 0 Å². The monoisotopic (exact) mass is 187 g/mol. The molecule has 0 aromatic heterocycles. The summed E-state index contributed by atoms with van der Waals surface area (Å²) in [6, 6.07) is 0. The molecule has 0 aliphatic rings. The summed E-state index contributed by atoms with van der Waals surface area (Å²) < 4.78 is 3.74. The molecule has 4 heteroatoms. The normalized spacial score (nSPS) is 12.6. The van der Waals surface area contributed by atoms with Gasteiger partial charge in [-0.3, -0.25) is 0 Å². The third kappa shape index (κ3) is 12.1. The quantitative estimate of drug-likeness (QED) is 0.581. The van der Waals surface area contributed by atoms with Crippen molar-refractivity contribution in [2.75, 3.05) is 0 Å². The molecule has 0 saturated carbocycles. The molecule has 0 unspecified atom stereocenters. The van der Waals surface area contributed by atoms with Crippen molar-refractivity contribution >= 4 is 16.5 Å². The third-order valence-corrected chi connectivity index (χ3v) is 6.75. The molecule has 0 aromatic carbocycles. The maximum atomic E-state index is 3.74. The first kappa shape index (κ1) is 13.9. The molecule has 0 saturated heterocycles. The van der Waals surface area contributed by atoms with E-state index in [-0.39, 0.29) is 32.4 Å². The van der Waals surface area contributed by atoms with Crippen molar-refractivity contribution < 1.29 is 32.4 Å². The topological polar surface area (TPSA) is 12.0 Å². The molecule has 0 radical (unpaired) electrons. The summed E-state index contributed by atoms with van der Waals surface area (Å²) in [7, 11) is -1.96. The maximum absolute atomic E-state index is 3.74. The molecule has 1 nitrogen and oxygen atoms in total. The molecular formula is C6H22NNaSi2. The first-order valence-electron chi connectivity index (χ1n) is 3.50. The van der Waals surface area contributed by atoms with Crippen LogP contribution in [0, 0.1) is 0 Å². The van der Waals surface area contributed by atoms with Gasteiger partial charge in [-0.1, -0.05) is 39.3 Å². The standard InChI is InChI=1S/C6H19NSi2.Na.H2.H/c1-8(2,3)7-9(4,5)6;;;/h7H,1-6H3;;1H;/q;+1;;-1. The van der Waals surface area contributed by atoms with E-state index in [4.69, 9.17) is 0 Å². The first-order valence-corrected chi connectivity index (χ1v) is 10.5. The van der Waals surface area contributed by atoms with Crippen LogP contribution in [0.4, 0.5) is 0 Å². The van der Waals surface area contributed by atoms with Crippen molar-refractivity contribution in [3.63, 3.8) is 0 Å². The average Bonchev–Trinajstić information content (AvgIpc) is 1.14. The van der Waals surface area contributed by atoms with E-state index in [0.717, 1.165) is 0 Å². The summed E-state index contributed by atoms with van der Waals surface area (Å²) >= 11 is 0. The molecule has 60 valence electrons. The molecule has 0 aromatic rings. The zero-order valence-corrected chi connectivity index (χ0v) is 12.5. The molecule has 0 atom stereocenters. The second-order valence-corrected chi connectivity index (χ2v) is 14.6. The molecule has 0 aliphatic carbocycles. The fourth-order valence-electron chi connectivity index (χ4n) is 1.12. The molecule has 0 aliphatic heterocycles. The van der Waals surface area contributed by atoms with Crippen molar-refractivity contribution in [1.29, 1.82) is 0 Å². The van der Waals surface area contributed by atoms with E-state index in [1.807, 2.05) is 0 Å². The summed E-state index contributed by atoms with van der Waals surface area (Å²) in [4.78, 5) is 0. The molecule has 10 heavy (non-hydrogen) atoms. The van der Waals surface area contributed by atoms with E-state index >= 15 is 0 Å². The molecule has 0 bridgehead atoms. The maximum Gasteiger partial charge on any atom is 1.00 e. The Morgan fingerprint density at radius 3 is 1.10 bits per heavy atom. The van der Waals surface area contributed by atoms with Crippen molar-refractivity contribution in [3.05, 3.63) is 0 Å². The Morgan fingerprint density at radius 1 is 0.900 bits per heavy atom. The van der Waals surface area contributed by atoms with Crippen LogP contribution in [-0.4, -0.2) is 16.5 Å². The van der Waals surface area contributed by atoms with Crippen LogP contribution >= 0.6 is 0 Å². The van der Waals surface area contributed by atoms with Gasteiger partial charge in [-0.2, -0.15) is 0 Å². The Kier molecular flexibility index (Phi) is 6.18. The Balaban J connectivity index is -0.000000107. The van der Waals surface area contributed by atoms with Crippen LogP contribution in [0.25, 0.3) is 0 Å². The van der Waals surface area contributed by atoms with Crippen LogP contribution in [0.1, 0.15) is 2.85 Å². The first-order chi connectivity index (χ1) is 3.71. The Hall–Kier alpha value is 1.39. The summed E-state index contributed by atoms with van der Waals surface area (Å²) in [6.07, 6.45) is 0. The van der Waals surface area contributed by atoms with Crippen molar-refractivity contribution in [1.82, 2.24) is 4.65 Å². The molecule has 0 heterocycles. The zero-order valence-electron chi connectivity index (χ0n) is 9.50. The molecule has 0 amide bonds. The van der Waals surface area contributed by atoms with Crippen LogP contribution in [0.2, 0.25) is 39.3 Å². The van der Waals surface area contributed by atoms with Gasteiger partial charge < -0.3 is 6.07 Å². The van der Waals surface area contributed by atoms with Gasteiger partial charge in [-0.05, 0) is 0 Å². The van der Waals surface area contributed by atoms with E-state index in [1.54, 1.807) is 0 Å². The molecule has 0 fully saturated rings. The van der Waals surface area contributed by atoms with Gasteiger partial charge in [-0.25, -0.2) is 0 Å². The second-order valence-electron chi connectivity index (χ2n) is 4.62.